The van der Waals surface area contributed by atoms with Crippen LogP contribution in [-0.4, -0.2) is 19.7 Å². The summed E-state index contributed by atoms with van der Waals surface area (Å²) < 4.78 is 5.73. The molecule has 86 valence electrons. The number of hydrogen-bond donors (Lipinski definition) is 1. The van der Waals surface area contributed by atoms with Crippen LogP contribution in [-0.2, 0) is 0 Å². The van der Waals surface area contributed by atoms with E-state index in [1.54, 1.807) is 0 Å². The molecule has 3 rings (SSSR count). The molecule has 2 aliphatic rings. The average molecular weight is 217 g/mol. The zero-order valence-corrected chi connectivity index (χ0v) is 9.61. The van der Waals surface area contributed by atoms with Gasteiger partial charge < -0.3 is 10.1 Å². The van der Waals surface area contributed by atoms with Gasteiger partial charge in [0.1, 0.15) is 5.75 Å². The van der Waals surface area contributed by atoms with Crippen molar-refractivity contribution in [2.75, 3.05) is 19.7 Å². The largest absolute Gasteiger partial charge is 0.493 e. The lowest BCUT2D eigenvalue weighted by molar-refractivity contribution is 0.283. The third-order valence-corrected chi connectivity index (χ3v) is 3.82. The molecule has 16 heavy (non-hydrogen) atoms. The van der Waals surface area contributed by atoms with E-state index in [2.05, 4.69) is 29.6 Å². The van der Waals surface area contributed by atoms with E-state index in [1.165, 1.54) is 37.9 Å². The summed E-state index contributed by atoms with van der Waals surface area (Å²) in [5.74, 6) is 2.57. The summed E-state index contributed by atoms with van der Waals surface area (Å²) >= 11 is 0. The number of rotatable bonds is 2. The SMILES string of the molecule is c1ccc2c(c1)OCC2CC1CCCNC1. The highest BCUT2D eigenvalue weighted by molar-refractivity contribution is 5.39. The van der Waals surface area contributed by atoms with Crippen LogP contribution in [0.2, 0.25) is 0 Å². The smallest absolute Gasteiger partial charge is 0.122 e. The minimum atomic E-state index is 0.626. The molecule has 2 unspecified atom stereocenters. The molecule has 0 radical (unpaired) electrons. The van der Waals surface area contributed by atoms with Crippen LogP contribution in [0.4, 0.5) is 0 Å². The van der Waals surface area contributed by atoms with E-state index >= 15 is 0 Å². The van der Waals surface area contributed by atoms with Gasteiger partial charge in [0.15, 0.2) is 0 Å². The molecule has 0 amide bonds. The van der Waals surface area contributed by atoms with Gasteiger partial charge in [0.25, 0.3) is 0 Å². The van der Waals surface area contributed by atoms with Gasteiger partial charge in [-0.3, -0.25) is 0 Å². The van der Waals surface area contributed by atoms with Crippen molar-refractivity contribution in [2.24, 2.45) is 5.92 Å². The number of fused-ring (bicyclic) bond motifs is 1. The molecule has 1 aromatic carbocycles. The van der Waals surface area contributed by atoms with Crippen molar-refractivity contribution >= 4 is 0 Å². The molecule has 2 nitrogen and oxygen atoms in total. The Morgan fingerprint density at radius 3 is 3.12 bits per heavy atom. The van der Waals surface area contributed by atoms with E-state index in [4.69, 9.17) is 4.74 Å². The number of ether oxygens (including phenoxy) is 1. The second kappa shape index (κ2) is 4.46. The van der Waals surface area contributed by atoms with Crippen LogP contribution in [0.15, 0.2) is 24.3 Å². The van der Waals surface area contributed by atoms with Gasteiger partial charge in [0, 0.05) is 11.5 Å². The fraction of sp³-hybridized carbons (Fsp3) is 0.571. The molecule has 1 N–H and O–H groups in total. The molecule has 0 aliphatic carbocycles. The normalized spacial score (nSPS) is 28.5. The molecule has 2 atom stereocenters. The van der Waals surface area contributed by atoms with E-state index < -0.39 is 0 Å². The Labute approximate surface area is 97.0 Å². The third-order valence-electron chi connectivity index (χ3n) is 3.82. The molecule has 1 fully saturated rings. The highest BCUT2D eigenvalue weighted by atomic mass is 16.5. The van der Waals surface area contributed by atoms with Crippen LogP contribution in [0, 0.1) is 5.92 Å². The predicted octanol–water partition coefficient (Wildman–Crippen LogP) is 2.55. The van der Waals surface area contributed by atoms with Crippen LogP contribution in [0.1, 0.15) is 30.7 Å². The van der Waals surface area contributed by atoms with Gasteiger partial charge in [-0.1, -0.05) is 18.2 Å². The van der Waals surface area contributed by atoms with Crippen LogP contribution in [0.25, 0.3) is 0 Å². The Morgan fingerprint density at radius 2 is 2.25 bits per heavy atom. The molecular formula is C14H19NO. The zero-order chi connectivity index (χ0) is 10.8. The van der Waals surface area contributed by atoms with Crippen molar-refractivity contribution in [3.05, 3.63) is 29.8 Å². The first-order chi connectivity index (χ1) is 7.93. The zero-order valence-electron chi connectivity index (χ0n) is 9.61. The molecule has 1 saturated heterocycles. The van der Waals surface area contributed by atoms with E-state index in [-0.39, 0.29) is 0 Å². The van der Waals surface area contributed by atoms with Crippen LogP contribution in [0.3, 0.4) is 0 Å². The number of piperidine rings is 1. The van der Waals surface area contributed by atoms with Crippen molar-refractivity contribution in [3.8, 4) is 5.75 Å². The maximum atomic E-state index is 5.73. The van der Waals surface area contributed by atoms with Gasteiger partial charge in [-0.2, -0.15) is 0 Å². The summed E-state index contributed by atoms with van der Waals surface area (Å²) in [5.41, 5.74) is 1.42. The first-order valence-corrected chi connectivity index (χ1v) is 6.36. The highest BCUT2D eigenvalue weighted by Gasteiger charge is 2.26. The maximum Gasteiger partial charge on any atom is 0.122 e. The van der Waals surface area contributed by atoms with Crippen molar-refractivity contribution < 1.29 is 4.74 Å². The number of hydrogen-bond acceptors (Lipinski definition) is 2. The standard InChI is InChI=1S/C14H19NO/c1-2-6-14-13(5-1)12(10-16-14)8-11-4-3-7-15-9-11/h1-2,5-6,11-12,15H,3-4,7-10H2. The second-order valence-electron chi connectivity index (χ2n) is 4.99. The summed E-state index contributed by atoms with van der Waals surface area (Å²) in [6.45, 7) is 3.28. The summed E-state index contributed by atoms with van der Waals surface area (Å²) in [6.07, 6.45) is 4.00. The minimum Gasteiger partial charge on any atom is -0.493 e. The van der Waals surface area contributed by atoms with Gasteiger partial charge >= 0.3 is 0 Å². The third kappa shape index (κ3) is 1.94. The summed E-state index contributed by atoms with van der Waals surface area (Å²) in [7, 11) is 0. The molecule has 0 bridgehead atoms. The lowest BCUT2D eigenvalue weighted by Gasteiger charge is -2.24. The van der Waals surface area contributed by atoms with Crippen LogP contribution < -0.4 is 10.1 Å². The topological polar surface area (TPSA) is 21.3 Å². The van der Waals surface area contributed by atoms with E-state index in [0.29, 0.717) is 5.92 Å². The molecule has 1 aromatic rings. The van der Waals surface area contributed by atoms with Crippen molar-refractivity contribution in [3.63, 3.8) is 0 Å². The molecule has 0 aromatic heterocycles. The molecule has 2 aliphatic heterocycles. The van der Waals surface area contributed by atoms with Crippen molar-refractivity contribution in [1.82, 2.24) is 5.32 Å². The Bertz CT molecular complexity index is 358. The summed E-state index contributed by atoms with van der Waals surface area (Å²) in [4.78, 5) is 0. The average Bonchev–Trinajstić information content (AvgIpc) is 2.74. The van der Waals surface area contributed by atoms with Gasteiger partial charge in [-0.05, 0) is 44.3 Å². The highest BCUT2D eigenvalue weighted by Crippen LogP contribution is 2.38. The fourth-order valence-corrected chi connectivity index (χ4v) is 2.95. The Kier molecular flexibility index (Phi) is 2.83. The predicted molar refractivity (Wildman–Crippen MR) is 64.9 cm³/mol. The van der Waals surface area contributed by atoms with Crippen molar-refractivity contribution in [1.29, 1.82) is 0 Å². The van der Waals surface area contributed by atoms with Crippen molar-refractivity contribution in [2.45, 2.75) is 25.2 Å². The molecule has 0 spiro atoms. The molecular weight excluding hydrogens is 198 g/mol. The lowest BCUT2D eigenvalue weighted by Crippen LogP contribution is -2.30. The van der Waals surface area contributed by atoms with Gasteiger partial charge in [-0.15, -0.1) is 0 Å². The Morgan fingerprint density at radius 1 is 1.31 bits per heavy atom. The monoisotopic (exact) mass is 217 g/mol. The van der Waals surface area contributed by atoms with Gasteiger partial charge in [-0.25, -0.2) is 0 Å². The minimum absolute atomic E-state index is 0.626. The van der Waals surface area contributed by atoms with Crippen LogP contribution >= 0.6 is 0 Å². The summed E-state index contributed by atoms with van der Waals surface area (Å²) in [5, 5.41) is 3.49. The van der Waals surface area contributed by atoms with Gasteiger partial charge in [0.2, 0.25) is 0 Å². The molecule has 0 saturated carbocycles. The fourth-order valence-electron chi connectivity index (χ4n) is 2.95. The summed E-state index contributed by atoms with van der Waals surface area (Å²) in [6, 6.07) is 8.50. The first kappa shape index (κ1) is 10.2. The number of para-hydroxylation sites is 1. The number of benzene rings is 1. The molecule has 2 heteroatoms. The maximum absolute atomic E-state index is 5.73. The Hall–Kier alpha value is -1.02. The first-order valence-electron chi connectivity index (χ1n) is 6.36. The Balaban J connectivity index is 1.68. The second-order valence-corrected chi connectivity index (χ2v) is 4.99. The van der Waals surface area contributed by atoms with Crippen LogP contribution in [0.5, 0.6) is 5.75 Å². The van der Waals surface area contributed by atoms with E-state index in [0.717, 1.165) is 18.3 Å². The number of nitrogens with one attached hydrogen (secondary N) is 1. The quantitative estimate of drug-likeness (QED) is 0.822. The lowest BCUT2D eigenvalue weighted by atomic mass is 9.86. The van der Waals surface area contributed by atoms with E-state index in [9.17, 15) is 0 Å². The van der Waals surface area contributed by atoms with E-state index in [1.807, 2.05) is 0 Å². The molecule has 2 heterocycles. The van der Waals surface area contributed by atoms with Gasteiger partial charge in [0.05, 0.1) is 6.61 Å².